The third kappa shape index (κ3) is 3.53. The van der Waals surface area contributed by atoms with Crippen LogP contribution in [0.1, 0.15) is 0 Å². The summed E-state index contributed by atoms with van der Waals surface area (Å²) in [6, 6.07) is 4.91. The van der Waals surface area contributed by atoms with Gasteiger partial charge in [-0.25, -0.2) is 4.67 Å². The molecule has 0 amide bonds. The van der Waals surface area contributed by atoms with Crippen LogP contribution in [-0.2, 0) is 9.30 Å². The van der Waals surface area contributed by atoms with E-state index < -0.39 is 6.80 Å². The number of nitrogens with zero attached hydrogens (tertiary/aromatic N) is 1. The first-order valence-electron chi connectivity index (χ1n) is 5.35. The SMILES string of the molecule is O=P(Cl)(Nc1ccc(Cl)c(Cl)c1)N1CCOCC1. The summed E-state index contributed by atoms with van der Waals surface area (Å²) >= 11 is 17.8. The molecular formula is C10H12Cl3N2O2P. The van der Waals surface area contributed by atoms with E-state index in [2.05, 4.69) is 5.09 Å². The lowest BCUT2D eigenvalue weighted by molar-refractivity contribution is 0.0733. The molecule has 1 aliphatic heterocycles. The van der Waals surface area contributed by atoms with Gasteiger partial charge in [-0.2, -0.15) is 0 Å². The largest absolute Gasteiger partial charge is 0.379 e. The van der Waals surface area contributed by atoms with Crippen LogP contribution in [0, 0.1) is 0 Å². The van der Waals surface area contributed by atoms with Crippen molar-refractivity contribution in [2.45, 2.75) is 0 Å². The topological polar surface area (TPSA) is 41.6 Å². The molecule has 2 rings (SSSR count). The number of ether oxygens (including phenoxy) is 1. The minimum absolute atomic E-state index is 0.389. The lowest BCUT2D eigenvalue weighted by atomic mass is 10.3. The molecule has 0 aliphatic carbocycles. The molecule has 1 unspecified atom stereocenters. The lowest BCUT2D eigenvalue weighted by Gasteiger charge is -2.30. The molecule has 1 aromatic rings. The molecule has 1 aromatic carbocycles. The molecule has 18 heavy (non-hydrogen) atoms. The second-order valence-electron chi connectivity index (χ2n) is 3.81. The number of halogens is 3. The maximum absolute atomic E-state index is 12.4. The third-order valence-corrected chi connectivity index (χ3v) is 5.83. The first-order chi connectivity index (χ1) is 8.49. The average molecular weight is 330 g/mol. The number of nitrogens with one attached hydrogen (secondary N) is 1. The van der Waals surface area contributed by atoms with Crippen LogP contribution in [0.25, 0.3) is 0 Å². The van der Waals surface area contributed by atoms with E-state index in [0.717, 1.165) is 0 Å². The van der Waals surface area contributed by atoms with Crippen molar-refractivity contribution in [3.05, 3.63) is 28.2 Å². The molecule has 0 radical (unpaired) electrons. The van der Waals surface area contributed by atoms with Crippen molar-refractivity contribution in [3.63, 3.8) is 0 Å². The average Bonchev–Trinajstić information content (AvgIpc) is 2.35. The Hall–Kier alpha value is 0.0400. The number of hydrogen-bond donors (Lipinski definition) is 1. The van der Waals surface area contributed by atoms with E-state index in [1.807, 2.05) is 0 Å². The fraction of sp³-hybridized carbons (Fsp3) is 0.400. The van der Waals surface area contributed by atoms with Gasteiger partial charge in [0.25, 0.3) is 0 Å². The zero-order chi connectivity index (χ0) is 13.2. The maximum Gasteiger partial charge on any atom is 0.326 e. The fourth-order valence-electron chi connectivity index (χ4n) is 1.61. The Labute approximate surface area is 120 Å². The van der Waals surface area contributed by atoms with Crippen LogP contribution < -0.4 is 5.09 Å². The zero-order valence-electron chi connectivity index (χ0n) is 9.41. The maximum atomic E-state index is 12.4. The van der Waals surface area contributed by atoms with Crippen LogP contribution in [0.15, 0.2) is 18.2 Å². The Morgan fingerprint density at radius 2 is 1.89 bits per heavy atom. The van der Waals surface area contributed by atoms with E-state index in [-0.39, 0.29) is 0 Å². The molecule has 1 aliphatic rings. The predicted octanol–water partition coefficient (Wildman–Crippen LogP) is 4.08. The predicted molar refractivity (Wildman–Crippen MR) is 75.9 cm³/mol. The molecule has 1 fully saturated rings. The molecule has 1 saturated heterocycles. The number of morpholine rings is 1. The minimum atomic E-state index is -3.15. The van der Waals surface area contributed by atoms with E-state index in [0.29, 0.717) is 42.0 Å². The van der Waals surface area contributed by atoms with Crippen LogP contribution in [-0.4, -0.2) is 31.0 Å². The van der Waals surface area contributed by atoms with Gasteiger partial charge >= 0.3 is 6.80 Å². The Morgan fingerprint density at radius 1 is 1.22 bits per heavy atom. The third-order valence-electron chi connectivity index (χ3n) is 2.54. The number of benzene rings is 1. The summed E-state index contributed by atoms with van der Waals surface area (Å²) in [6.07, 6.45) is 0. The molecule has 8 heteroatoms. The molecule has 0 aromatic heterocycles. The van der Waals surface area contributed by atoms with Gasteiger partial charge in [0.05, 0.1) is 23.3 Å². The molecule has 1 heterocycles. The van der Waals surface area contributed by atoms with E-state index in [1.165, 1.54) is 0 Å². The molecular weight excluding hydrogens is 317 g/mol. The van der Waals surface area contributed by atoms with Gasteiger partial charge in [-0.05, 0) is 29.4 Å². The monoisotopic (exact) mass is 328 g/mol. The van der Waals surface area contributed by atoms with Gasteiger partial charge in [0.15, 0.2) is 0 Å². The van der Waals surface area contributed by atoms with Crippen LogP contribution in [0.4, 0.5) is 5.69 Å². The highest BCUT2D eigenvalue weighted by Gasteiger charge is 2.29. The van der Waals surface area contributed by atoms with E-state index in [1.54, 1.807) is 22.9 Å². The van der Waals surface area contributed by atoms with Crippen LogP contribution in [0.2, 0.25) is 10.0 Å². The van der Waals surface area contributed by atoms with Gasteiger partial charge in [0.1, 0.15) is 0 Å². The summed E-state index contributed by atoms with van der Waals surface area (Å²) in [5.41, 5.74) is 0.578. The summed E-state index contributed by atoms with van der Waals surface area (Å²) in [7, 11) is 0. The highest BCUT2D eigenvalue weighted by molar-refractivity contribution is 7.88. The lowest BCUT2D eigenvalue weighted by Crippen LogP contribution is -2.34. The standard InChI is InChI=1S/C10H12Cl3N2O2P/c11-9-2-1-8(7-10(9)12)14-18(13,16)15-3-5-17-6-4-15/h1-2,7H,3-6H2,(H,14,16). The minimum Gasteiger partial charge on any atom is -0.379 e. The summed E-state index contributed by atoms with van der Waals surface area (Å²) in [5, 5.41) is 3.64. The molecule has 0 bridgehead atoms. The van der Waals surface area contributed by atoms with Gasteiger partial charge in [-0.3, -0.25) is 4.57 Å². The second-order valence-corrected chi connectivity index (χ2v) is 7.79. The van der Waals surface area contributed by atoms with E-state index >= 15 is 0 Å². The Balaban J connectivity index is 2.11. The summed E-state index contributed by atoms with van der Waals surface area (Å²) < 4.78 is 19.3. The van der Waals surface area contributed by atoms with Crippen molar-refractivity contribution in [2.24, 2.45) is 0 Å². The summed E-state index contributed by atoms with van der Waals surface area (Å²) in [6.45, 7) is -1.02. The molecule has 0 spiro atoms. The smallest absolute Gasteiger partial charge is 0.326 e. The molecule has 1 atom stereocenters. The highest BCUT2D eigenvalue weighted by atomic mass is 35.7. The van der Waals surface area contributed by atoms with E-state index in [4.69, 9.17) is 39.2 Å². The first kappa shape index (κ1) is 14.4. The van der Waals surface area contributed by atoms with Gasteiger partial charge in [0.2, 0.25) is 0 Å². The molecule has 1 N–H and O–H groups in total. The van der Waals surface area contributed by atoms with E-state index in [9.17, 15) is 4.57 Å². The van der Waals surface area contributed by atoms with Crippen molar-refractivity contribution in [3.8, 4) is 0 Å². The van der Waals surface area contributed by atoms with Crippen LogP contribution >= 0.6 is 41.2 Å². The van der Waals surface area contributed by atoms with Gasteiger partial charge < -0.3 is 9.82 Å². The van der Waals surface area contributed by atoms with Crippen molar-refractivity contribution in [1.82, 2.24) is 4.67 Å². The Kier molecular flexibility index (Phi) is 4.81. The Morgan fingerprint density at radius 3 is 2.50 bits per heavy atom. The normalized spacial score (nSPS) is 20.4. The summed E-state index contributed by atoms with van der Waals surface area (Å²) in [4.78, 5) is 0. The van der Waals surface area contributed by atoms with Gasteiger partial charge in [0, 0.05) is 18.8 Å². The van der Waals surface area contributed by atoms with Crippen LogP contribution in [0.5, 0.6) is 0 Å². The fourth-order valence-corrected chi connectivity index (χ4v) is 3.93. The molecule has 100 valence electrons. The zero-order valence-corrected chi connectivity index (χ0v) is 12.6. The molecule has 4 nitrogen and oxygen atoms in total. The highest BCUT2D eigenvalue weighted by Crippen LogP contribution is 2.54. The number of rotatable bonds is 3. The first-order valence-corrected chi connectivity index (χ1v) is 8.67. The van der Waals surface area contributed by atoms with Gasteiger partial charge in [-0.15, -0.1) is 0 Å². The quantitative estimate of drug-likeness (QED) is 0.848. The summed E-state index contributed by atoms with van der Waals surface area (Å²) in [5.74, 6) is 0. The number of anilines is 1. The van der Waals surface area contributed by atoms with Gasteiger partial charge in [-0.1, -0.05) is 23.2 Å². The van der Waals surface area contributed by atoms with Crippen molar-refractivity contribution >= 4 is 46.9 Å². The Bertz CT molecular complexity index is 480. The number of hydrogen-bond acceptors (Lipinski definition) is 2. The second kappa shape index (κ2) is 6.00. The van der Waals surface area contributed by atoms with Crippen LogP contribution in [0.3, 0.4) is 0 Å². The van der Waals surface area contributed by atoms with Crippen molar-refractivity contribution < 1.29 is 9.30 Å². The van der Waals surface area contributed by atoms with Crippen molar-refractivity contribution in [2.75, 3.05) is 31.4 Å². The molecule has 0 saturated carbocycles. The van der Waals surface area contributed by atoms with Crippen molar-refractivity contribution in [1.29, 1.82) is 0 Å².